The molecule has 0 spiro atoms. The third kappa shape index (κ3) is 4.11. The molecule has 116 valence electrons. The van der Waals surface area contributed by atoms with Gasteiger partial charge in [-0.05, 0) is 71.6 Å². The topological polar surface area (TPSA) is 49.8 Å². The number of nitrogens with zero attached hydrogens (tertiary/aromatic N) is 1. The molecule has 2 rings (SSSR count). The van der Waals surface area contributed by atoms with Crippen LogP contribution in [0.25, 0.3) is 0 Å². The Bertz CT molecular complexity index is 349. The second-order valence-corrected chi connectivity index (χ2v) is 7.81. The zero-order valence-electron chi connectivity index (χ0n) is 13.3. The molecule has 20 heavy (non-hydrogen) atoms. The molecular formula is C16H29NO3. The van der Waals surface area contributed by atoms with Crippen molar-refractivity contribution in [3.05, 3.63) is 0 Å². The Morgan fingerprint density at radius 2 is 1.80 bits per heavy atom. The number of hydrogen-bond donors (Lipinski definition) is 1. The largest absolute Gasteiger partial charge is 0.444 e. The molecule has 2 aliphatic rings. The minimum atomic E-state index is -0.472. The van der Waals surface area contributed by atoms with Crippen LogP contribution in [-0.2, 0) is 4.74 Å². The molecule has 0 aromatic rings. The highest BCUT2D eigenvalue weighted by Gasteiger charge is 2.37. The minimum Gasteiger partial charge on any atom is -0.444 e. The van der Waals surface area contributed by atoms with Gasteiger partial charge in [0, 0.05) is 13.1 Å². The number of carbonyl (C=O) groups excluding carboxylic acids is 1. The molecule has 1 aliphatic heterocycles. The van der Waals surface area contributed by atoms with Crippen molar-refractivity contribution in [3.8, 4) is 0 Å². The van der Waals surface area contributed by atoms with Crippen LogP contribution < -0.4 is 0 Å². The number of hydrogen-bond acceptors (Lipinski definition) is 3. The summed E-state index contributed by atoms with van der Waals surface area (Å²) in [7, 11) is 0. The fraction of sp³-hybridized carbons (Fsp3) is 0.938. The highest BCUT2D eigenvalue weighted by Crippen LogP contribution is 2.39. The van der Waals surface area contributed by atoms with Gasteiger partial charge in [0.05, 0.1) is 5.60 Å². The first-order chi connectivity index (χ1) is 9.16. The van der Waals surface area contributed by atoms with E-state index in [1.807, 2.05) is 32.6 Å². The van der Waals surface area contributed by atoms with Gasteiger partial charge in [-0.1, -0.05) is 0 Å². The van der Waals surface area contributed by atoms with Crippen LogP contribution in [0, 0.1) is 11.8 Å². The Balaban J connectivity index is 1.82. The van der Waals surface area contributed by atoms with E-state index in [0.717, 1.165) is 45.2 Å². The van der Waals surface area contributed by atoms with Crippen LogP contribution >= 0.6 is 0 Å². The van der Waals surface area contributed by atoms with E-state index in [1.165, 1.54) is 0 Å². The van der Waals surface area contributed by atoms with Crippen LogP contribution in [-0.4, -0.2) is 40.4 Å². The van der Waals surface area contributed by atoms with Crippen LogP contribution in [0.3, 0.4) is 0 Å². The Kier molecular flexibility index (Phi) is 4.33. The van der Waals surface area contributed by atoms with Gasteiger partial charge in [0.1, 0.15) is 5.60 Å². The molecule has 1 saturated heterocycles. The van der Waals surface area contributed by atoms with Crippen molar-refractivity contribution in [2.24, 2.45) is 11.8 Å². The van der Waals surface area contributed by atoms with E-state index in [4.69, 9.17) is 4.74 Å². The van der Waals surface area contributed by atoms with E-state index >= 15 is 0 Å². The Hall–Kier alpha value is -0.770. The van der Waals surface area contributed by atoms with Crippen molar-refractivity contribution in [1.29, 1.82) is 0 Å². The summed E-state index contributed by atoms with van der Waals surface area (Å²) in [5.41, 5.74) is -0.890. The number of aliphatic hydroxyl groups is 1. The molecule has 4 nitrogen and oxygen atoms in total. The van der Waals surface area contributed by atoms with Crippen molar-refractivity contribution < 1.29 is 14.6 Å². The van der Waals surface area contributed by atoms with E-state index in [2.05, 4.69) is 0 Å². The molecule has 1 saturated carbocycles. The van der Waals surface area contributed by atoms with Gasteiger partial charge < -0.3 is 14.7 Å². The SMILES string of the molecule is CC1(O)CCC(C2CCN(C(=O)OC(C)(C)C)C2)CC1. The normalized spacial score (nSPS) is 35.1. The maximum atomic E-state index is 12.1. The second kappa shape index (κ2) is 5.55. The molecule has 1 aliphatic carbocycles. The van der Waals surface area contributed by atoms with E-state index < -0.39 is 11.2 Å². The van der Waals surface area contributed by atoms with E-state index in [-0.39, 0.29) is 6.09 Å². The van der Waals surface area contributed by atoms with Crippen molar-refractivity contribution in [2.75, 3.05) is 13.1 Å². The first kappa shape index (κ1) is 15.6. The fourth-order valence-corrected chi connectivity index (χ4v) is 3.40. The minimum absolute atomic E-state index is 0.178. The van der Waals surface area contributed by atoms with Gasteiger partial charge in [0.25, 0.3) is 0 Å². The summed E-state index contributed by atoms with van der Waals surface area (Å²) in [5.74, 6) is 1.24. The number of likely N-dealkylation sites (tertiary alicyclic amines) is 1. The summed E-state index contributed by atoms with van der Waals surface area (Å²) < 4.78 is 5.44. The van der Waals surface area contributed by atoms with Crippen molar-refractivity contribution in [2.45, 2.75) is 71.0 Å². The predicted molar refractivity (Wildman–Crippen MR) is 78.5 cm³/mol. The monoisotopic (exact) mass is 283 g/mol. The molecular weight excluding hydrogens is 254 g/mol. The lowest BCUT2D eigenvalue weighted by molar-refractivity contribution is -0.00152. The quantitative estimate of drug-likeness (QED) is 0.804. The highest BCUT2D eigenvalue weighted by atomic mass is 16.6. The lowest BCUT2D eigenvalue weighted by atomic mass is 9.74. The Labute approximate surface area is 122 Å². The molecule has 1 amide bonds. The highest BCUT2D eigenvalue weighted by molar-refractivity contribution is 5.68. The van der Waals surface area contributed by atoms with Gasteiger partial charge in [-0.2, -0.15) is 0 Å². The molecule has 0 aromatic heterocycles. The van der Waals surface area contributed by atoms with Gasteiger partial charge in [-0.15, -0.1) is 0 Å². The van der Waals surface area contributed by atoms with E-state index in [0.29, 0.717) is 11.8 Å². The summed E-state index contributed by atoms with van der Waals surface area (Å²) in [6, 6.07) is 0. The Morgan fingerprint density at radius 3 is 2.35 bits per heavy atom. The van der Waals surface area contributed by atoms with Crippen molar-refractivity contribution >= 4 is 6.09 Å². The molecule has 1 N–H and O–H groups in total. The standard InChI is InChI=1S/C16H29NO3/c1-15(2,3)20-14(18)17-10-7-13(11-17)12-5-8-16(4,19)9-6-12/h12-13,19H,5-11H2,1-4H3. The summed E-state index contributed by atoms with van der Waals surface area (Å²) in [6.07, 6.45) is 4.84. The summed E-state index contributed by atoms with van der Waals surface area (Å²) in [6.45, 7) is 9.28. The predicted octanol–water partition coefficient (Wildman–Crippen LogP) is 3.18. The van der Waals surface area contributed by atoms with E-state index in [1.54, 1.807) is 0 Å². The second-order valence-electron chi connectivity index (χ2n) is 7.81. The number of rotatable bonds is 1. The molecule has 1 heterocycles. The van der Waals surface area contributed by atoms with Gasteiger partial charge >= 0.3 is 6.09 Å². The molecule has 0 aromatic carbocycles. The molecule has 0 bridgehead atoms. The van der Waals surface area contributed by atoms with Crippen LogP contribution in [0.4, 0.5) is 4.79 Å². The summed E-state index contributed by atoms with van der Waals surface area (Å²) in [5, 5.41) is 10.0. The third-order valence-electron chi connectivity index (χ3n) is 4.65. The van der Waals surface area contributed by atoms with Gasteiger partial charge in [0.15, 0.2) is 0 Å². The van der Waals surface area contributed by atoms with Gasteiger partial charge in [-0.3, -0.25) is 0 Å². The smallest absolute Gasteiger partial charge is 0.410 e. The van der Waals surface area contributed by atoms with Crippen LogP contribution in [0.5, 0.6) is 0 Å². The fourth-order valence-electron chi connectivity index (χ4n) is 3.40. The van der Waals surface area contributed by atoms with Crippen LogP contribution in [0.1, 0.15) is 59.8 Å². The lowest BCUT2D eigenvalue weighted by Crippen LogP contribution is -2.37. The zero-order valence-corrected chi connectivity index (χ0v) is 13.3. The maximum Gasteiger partial charge on any atom is 0.410 e. The van der Waals surface area contributed by atoms with Gasteiger partial charge in [0.2, 0.25) is 0 Å². The molecule has 1 atom stereocenters. The average Bonchev–Trinajstić information content (AvgIpc) is 2.76. The number of ether oxygens (including phenoxy) is 1. The molecule has 4 heteroatoms. The zero-order chi connectivity index (χ0) is 15.0. The summed E-state index contributed by atoms with van der Waals surface area (Å²) in [4.78, 5) is 13.9. The average molecular weight is 283 g/mol. The van der Waals surface area contributed by atoms with Crippen molar-refractivity contribution in [3.63, 3.8) is 0 Å². The van der Waals surface area contributed by atoms with Crippen LogP contribution in [0.2, 0.25) is 0 Å². The maximum absolute atomic E-state index is 12.1. The third-order valence-corrected chi connectivity index (χ3v) is 4.65. The first-order valence-electron chi connectivity index (χ1n) is 7.87. The molecule has 0 radical (unpaired) electrons. The van der Waals surface area contributed by atoms with E-state index in [9.17, 15) is 9.90 Å². The number of amides is 1. The number of carbonyl (C=O) groups is 1. The molecule has 2 fully saturated rings. The summed E-state index contributed by atoms with van der Waals surface area (Å²) >= 11 is 0. The van der Waals surface area contributed by atoms with Gasteiger partial charge in [-0.25, -0.2) is 4.79 Å². The van der Waals surface area contributed by atoms with Crippen molar-refractivity contribution in [1.82, 2.24) is 4.90 Å². The van der Waals surface area contributed by atoms with Crippen LogP contribution in [0.15, 0.2) is 0 Å². The Morgan fingerprint density at radius 1 is 1.20 bits per heavy atom. The first-order valence-corrected chi connectivity index (χ1v) is 7.87. The molecule has 1 unspecified atom stereocenters. The lowest BCUT2D eigenvalue weighted by Gasteiger charge is -2.35.